The van der Waals surface area contributed by atoms with Gasteiger partial charge in [0, 0.05) is 24.7 Å². The van der Waals surface area contributed by atoms with Crippen molar-refractivity contribution in [1.82, 2.24) is 4.98 Å². The summed E-state index contributed by atoms with van der Waals surface area (Å²) in [4.78, 5) is 6.96. The Morgan fingerprint density at radius 2 is 2.12 bits per heavy atom. The third-order valence-electron chi connectivity index (χ3n) is 3.59. The van der Waals surface area contributed by atoms with Crippen LogP contribution in [0.3, 0.4) is 0 Å². The molecule has 1 heterocycles. The quantitative estimate of drug-likeness (QED) is 0.759. The molecule has 0 aliphatic heterocycles. The topological polar surface area (TPSA) is 16.1 Å². The van der Waals surface area contributed by atoms with Crippen molar-refractivity contribution in [3.8, 4) is 0 Å². The second kappa shape index (κ2) is 6.25. The van der Waals surface area contributed by atoms with E-state index in [0.717, 1.165) is 12.4 Å². The first-order valence-electron chi connectivity index (χ1n) is 6.57. The van der Waals surface area contributed by atoms with Crippen molar-refractivity contribution in [2.45, 2.75) is 45.1 Å². The number of hydrogen-bond acceptors (Lipinski definition) is 2. The van der Waals surface area contributed by atoms with E-state index in [1.54, 1.807) is 0 Å². The lowest BCUT2D eigenvalue weighted by Crippen LogP contribution is -2.39. The molecule has 0 aromatic carbocycles. The summed E-state index contributed by atoms with van der Waals surface area (Å²) >= 11 is 5.95. The van der Waals surface area contributed by atoms with Gasteiger partial charge in [0.25, 0.3) is 0 Å². The van der Waals surface area contributed by atoms with Crippen LogP contribution >= 0.6 is 11.6 Å². The van der Waals surface area contributed by atoms with Crippen molar-refractivity contribution >= 4 is 17.4 Å². The van der Waals surface area contributed by atoms with Crippen LogP contribution in [-0.4, -0.2) is 23.5 Å². The van der Waals surface area contributed by atoms with Gasteiger partial charge < -0.3 is 4.90 Å². The summed E-state index contributed by atoms with van der Waals surface area (Å²) in [5, 5.41) is 0. The van der Waals surface area contributed by atoms with Crippen molar-refractivity contribution in [3.05, 3.63) is 23.9 Å². The lowest BCUT2D eigenvalue weighted by Gasteiger charge is -2.35. The molecule has 0 saturated heterocycles. The molecule has 1 fully saturated rings. The van der Waals surface area contributed by atoms with Gasteiger partial charge in [0.1, 0.15) is 5.82 Å². The smallest absolute Gasteiger partial charge is 0.131 e. The largest absolute Gasteiger partial charge is 0.352 e. The number of nitrogens with zero attached hydrogens (tertiary/aromatic N) is 2. The highest BCUT2D eigenvalue weighted by molar-refractivity contribution is 6.18. The Bertz CT molecular complexity index is 348. The van der Waals surface area contributed by atoms with E-state index in [4.69, 9.17) is 11.6 Å². The summed E-state index contributed by atoms with van der Waals surface area (Å²) in [6.45, 7) is 3.04. The Morgan fingerprint density at radius 3 is 2.76 bits per heavy atom. The molecule has 0 atom stereocenters. The molecule has 1 aliphatic carbocycles. The molecule has 1 aliphatic rings. The maximum absolute atomic E-state index is 5.95. The normalized spacial score (nSPS) is 17.1. The zero-order chi connectivity index (χ0) is 12.1. The molecule has 0 N–H and O–H groups in total. The minimum absolute atomic E-state index is 0.635. The maximum atomic E-state index is 5.95. The maximum Gasteiger partial charge on any atom is 0.131 e. The van der Waals surface area contributed by atoms with Crippen molar-refractivity contribution in [3.63, 3.8) is 0 Å². The van der Waals surface area contributed by atoms with E-state index < -0.39 is 0 Å². The third kappa shape index (κ3) is 3.12. The van der Waals surface area contributed by atoms with Crippen LogP contribution < -0.4 is 4.90 Å². The van der Waals surface area contributed by atoms with Gasteiger partial charge in [-0.2, -0.15) is 0 Å². The van der Waals surface area contributed by atoms with Crippen LogP contribution in [0, 0.1) is 6.92 Å². The zero-order valence-electron chi connectivity index (χ0n) is 10.5. The highest BCUT2D eigenvalue weighted by Gasteiger charge is 2.22. The summed E-state index contributed by atoms with van der Waals surface area (Å²) in [5.41, 5.74) is 1.25. The summed E-state index contributed by atoms with van der Waals surface area (Å²) in [5.74, 6) is 1.80. The monoisotopic (exact) mass is 252 g/mol. The van der Waals surface area contributed by atoms with Crippen molar-refractivity contribution in [2.75, 3.05) is 17.3 Å². The number of hydrogen-bond donors (Lipinski definition) is 0. The van der Waals surface area contributed by atoms with Crippen LogP contribution in [0.5, 0.6) is 0 Å². The van der Waals surface area contributed by atoms with Gasteiger partial charge in [-0.15, -0.1) is 11.6 Å². The van der Waals surface area contributed by atoms with Gasteiger partial charge in [-0.3, -0.25) is 0 Å². The van der Waals surface area contributed by atoms with E-state index in [9.17, 15) is 0 Å². The van der Waals surface area contributed by atoms with E-state index in [1.807, 2.05) is 12.3 Å². The Morgan fingerprint density at radius 1 is 1.35 bits per heavy atom. The summed E-state index contributed by atoms with van der Waals surface area (Å²) in [6, 6.07) is 4.77. The molecule has 17 heavy (non-hydrogen) atoms. The first-order valence-corrected chi connectivity index (χ1v) is 7.10. The van der Waals surface area contributed by atoms with Crippen LogP contribution in [0.25, 0.3) is 0 Å². The van der Waals surface area contributed by atoms with E-state index in [2.05, 4.69) is 22.9 Å². The lowest BCUT2D eigenvalue weighted by molar-refractivity contribution is 0.416. The Hall–Kier alpha value is -0.760. The molecule has 0 bridgehead atoms. The summed E-state index contributed by atoms with van der Waals surface area (Å²) < 4.78 is 0. The molecule has 0 unspecified atom stereocenters. The molecule has 3 heteroatoms. The molecule has 0 radical (unpaired) electrons. The highest BCUT2D eigenvalue weighted by atomic mass is 35.5. The third-order valence-corrected chi connectivity index (χ3v) is 3.76. The lowest BCUT2D eigenvalue weighted by atomic mass is 9.94. The van der Waals surface area contributed by atoms with Crippen molar-refractivity contribution < 1.29 is 0 Å². The standard InChI is InChI=1S/C14H21ClN2/c1-12-6-5-10-16-14(12)17(11-9-15)13-7-3-2-4-8-13/h5-6,10,13H,2-4,7-9,11H2,1H3. The predicted octanol–water partition coefficient (Wildman–Crippen LogP) is 3.77. The first kappa shape index (κ1) is 12.7. The number of aryl methyl sites for hydroxylation is 1. The second-order valence-corrected chi connectivity index (χ2v) is 5.20. The first-order chi connectivity index (χ1) is 8.33. The highest BCUT2D eigenvalue weighted by Crippen LogP contribution is 2.27. The van der Waals surface area contributed by atoms with Gasteiger partial charge >= 0.3 is 0 Å². The van der Waals surface area contributed by atoms with Gasteiger partial charge in [0.05, 0.1) is 0 Å². The van der Waals surface area contributed by atoms with Crippen LogP contribution in [0.4, 0.5) is 5.82 Å². The SMILES string of the molecule is Cc1cccnc1N(CCCl)C1CCCCC1. The molecular formula is C14H21ClN2. The zero-order valence-corrected chi connectivity index (χ0v) is 11.3. The number of anilines is 1. The molecule has 0 amide bonds. The number of halogens is 1. The molecule has 1 saturated carbocycles. The Balaban J connectivity index is 2.18. The van der Waals surface area contributed by atoms with E-state index in [0.29, 0.717) is 11.9 Å². The van der Waals surface area contributed by atoms with Gasteiger partial charge in [-0.1, -0.05) is 25.3 Å². The number of rotatable bonds is 4. The molecule has 2 rings (SSSR count). The van der Waals surface area contributed by atoms with Crippen molar-refractivity contribution in [1.29, 1.82) is 0 Å². The predicted molar refractivity (Wildman–Crippen MR) is 73.9 cm³/mol. The van der Waals surface area contributed by atoms with E-state index >= 15 is 0 Å². The summed E-state index contributed by atoms with van der Waals surface area (Å²) in [7, 11) is 0. The minimum Gasteiger partial charge on any atom is -0.352 e. The molecule has 1 aromatic heterocycles. The second-order valence-electron chi connectivity index (χ2n) is 4.82. The molecule has 94 valence electrons. The van der Waals surface area contributed by atoms with Gasteiger partial charge in [-0.25, -0.2) is 4.98 Å². The fourth-order valence-corrected chi connectivity index (χ4v) is 2.91. The Kier molecular flexibility index (Phi) is 4.66. The van der Waals surface area contributed by atoms with Crippen LogP contribution in [0.2, 0.25) is 0 Å². The Labute approximate surface area is 109 Å². The summed E-state index contributed by atoms with van der Waals surface area (Å²) in [6.07, 6.45) is 8.52. The number of alkyl halides is 1. The molecular weight excluding hydrogens is 232 g/mol. The van der Waals surface area contributed by atoms with E-state index in [1.165, 1.54) is 37.7 Å². The van der Waals surface area contributed by atoms with Gasteiger partial charge in [0.15, 0.2) is 0 Å². The molecule has 0 spiro atoms. The average Bonchev–Trinajstić information content (AvgIpc) is 2.38. The fourth-order valence-electron chi connectivity index (χ4n) is 2.72. The van der Waals surface area contributed by atoms with Gasteiger partial charge in [0.2, 0.25) is 0 Å². The molecule has 2 nitrogen and oxygen atoms in total. The average molecular weight is 253 g/mol. The minimum atomic E-state index is 0.635. The van der Waals surface area contributed by atoms with Crippen LogP contribution in [-0.2, 0) is 0 Å². The van der Waals surface area contributed by atoms with Crippen LogP contribution in [0.15, 0.2) is 18.3 Å². The fraction of sp³-hybridized carbons (Fsp3) is 0.643. The molecule has 1 aromatic rings. The van der Waals surface area contributed by atoms with Crippen molar-refractivity contribution in [2.24, 2.45) is 0 Å². The van der Waals surface area contributed by atoms with Gasteiger partial charge in [-0.05, 0) is 31.4 Å². The van der Waals surface area contributed by atoms with Crippen LogP contribution in [0.1, 0.15) is 37.7 Å². The number of pyridine rings is 1. The van der Waals surface area contributed by atoms with E-state index in [-0.39, 0.29) is 0 Å². The number of aromatic nitrogens is 1.